The summed E-state index contributed by atoms with van der Waals surface area (Å²) < 4.78 is 15.3. The van der Waals surface area contributed by atoms with Gasteiger partial charge in [-0.3, -0.25) is 29.4 Å². The Labute approximate surface area is 170 Å². The fourth-order valence-corrected chi connectivity index (χ4v) is 3.27. The predicted molar refractivity (Wildman–Crippen MR) is 105 cm³/mol. The fourth-order valence-electron chi connectivity index (χ4n) is 2.44. The van der Waals surface area contributed by atoms with Crippen LogP contribution in [-0.4, -0.2) is 53.3 Å². The molecule has 1 fully saturated rings. The standard InChI is InChI=1S/C18H20N2O8S/c1-18(2,3)28-15(21)9-19-16(22)14(29-17(19)23)7-10-6-12(26-4)13(27-5)8-11(10)20(24)25/h6-8H,9H2,1-5H3. The number of imide groups is 1. The molecule has 0 unspecified atom stereocenters. The molecule has 11 heteroatoms. The molecule has 0 radical (unpaired) electrons. The van der Waals surface area contributed by atoms with Gasteiger partial charge in [0.25, 0.3) is 16.8 Å². The zero-order valence-electron chi connectivity index (χ0n) is 16.5. The summed E-state index contributed by atoms with van der Waals surface area (Å²) in [6.07, 6.45) is 1.21. The van der Waals surface area contributed by atoms with E-state index >= 15 is 0 Å². The van der Waals surface area contributed by atoms with Gasteiger partial charge in [0, 0.05) is 0 Å². The highest BCUT2D eigenvalue weighted by Crippen LogP contribution is 2.38. The molecule has 1 heterocycles. The van der Waals surface area contributed by atoms with Gasteiger partial charge < -0.3 is 14.2 Å². The molecule has 1 aliphatic rings. The maximum Gasteiger partial charge on any atom is 0.326 e. The molecule has 1 aromatic carbocycles. The first-order chi connectivity index (χ1) is 13.5. The Kier molecular flexibility index (Phi) is 6.52. The van der Waals surface area contributed by atoms with E-state index < -0.39 is 34.2 Å². The number of hydrogen-bond donors (Lipinski definition) is 0. The van der Waals surface area contributed by atoms with E-state index in [0.717, 1.165) is 11.0 Å². The molecule has 1 aromatic rings. The number of methoxy groups -OCH3 is 2. The number of rotatable bonds is 6. The van der Waals surface area contributed by atoms with Crippen molar-refractivity contribution in [3.8, 4) is 11.5 Å². The number of nitro benzene ring substituents is 1. The van der Waals surface area contributed by atoms with Crippen molar-refractivity contribution < 1.29 is 33.5 Å². The van der Waals surface area contributed by atoms with Gasteiger partial charge in [-0.05, 0) is 44.7 Å². The minimum absolute atomic E-state index is 0.0513. The van der Waals surface area contributed by atoms with Gasteiger partial charge in [-0.25, -0.2) is 0 Å². The third-order valence-electron chi connectivity index (χ3n) is 3.60. The molecule has 156 valence electrons. The van der Waals surface area contributed by atoms with E-state index in [1.165, 1.54) is 26.4 Å². The Morgan fingerprint density at radius 2 is 1.79 bits per heavy atom. The lowest BCUT2D eigenvalue weighted by atomic mass is 10.1. The molecule has 0 aliphatic carbocycles. The molecule has 2 amide bonds. The predicted octanol–water partition coefficient (Wildman–Crippen LogP) is 2.99. The van der Waals surface area contributed by atoms with Crippen molar-refractivity contribution in [1.29, 1.82) is 0 Å². The van der Waals surface area contributed by atoms with E-state index in [9.17, 15) is 24.5 Å². The van der Waals surface area contributed by atoms with Crippen LogP contribution in [-0.2, 0) is 14.3 Å². The SMILES string of the molecule is COc1cc(C=C2SC(=O)N(CC(=O)OC(C)(C)C)C2=O)c([N+](=O)[O-])cc1OC. The number of benzene rings is 1. The van der Waals surface area contributed by atoms with Gasteiger partial charge in [-0.1, -0.05) is 0 Å². The Morgan fingerprint density at radius 1 is 1.21 bits per heavy atom. The summed E-state index contributed by atoms with van der Waals surface area (Å²) >= 11 is 0.577. The first kappa shape index (κ1) is 22.2. The van der Waals surface area contributed by atoms with Crippen molar-refractivity contribution in [3.63, 3.8) is 0 Å². The van der Waals surface area contributed by atoms with Crippen LogP contribution in [0.2, 0.25) is 0 Å². The number of thioether (sulfide) groups is 1. The largest absolute Gasteiger partial charge is 0.493 e. The van der Waals surface area contributed by atoms with Crippen molar-refractivity contribution in [2.75, 3.05) is 20.8 Å². The summed E-state index contributed by atoms with van der Waals surface area (Å²) in [5.74, 6) is -1.11. The fraction of sp³-hybridized carbons (Fsp3) is 0.389. The topological polar surface area (TPSA) is 125 Å². The summed E-state index contributed by atoms with van der Waals surface area (Å²) in [4.78, 5) is 48.1. The number of amides is 2. The Balaban J connectivity index is 2.36. The lowest BCUT2D eigenvalue weighted by molar-refractivity contribution is -0.385. The minimum atomic E-state index is -0.769. The van der Waals surface area contributed by atoms with E-state index in [-0.39, 0.29) is 27.7 Å². The van der Waals surface area contributed by atoms with Crippen molar-refractivity contribution >= 4 is 40.6 Å². The zero-order chi connectivity index (χ0) is 21.9. The van der Waals surface area contributed by atoms with Crippen molar-refractivity contribution in [2.45, 2.75) is 26.4 Å². The molecular weight excluding hydrogens is 404 g/mol. The lowest BCUT2D eigenvalue weighted by Crippen LogP contribution is -2.37. The van der Waals surface area contributed by atoms with Crippen LogP contribution < -0.4 is 9.47 Å². The Morgan fingerprint density at radius 3 is 2.31 bits per heavy atom. The number of carbonyl (C=O) groups excluding carboxylic acids is 3. The first-order valence-corrected chi connectivity index (χ1v) is 9.16. The highest BCUT2D eigenvalue weighted by molar-refractivity contribution is 8.18. The molecule has 0 N–H and O–H groups in total. The number of esters is 1. The highest BCUT2D eigenvalue weighted by atomic mass is 32.2. The van der Waals surface area contributed by atoms with Gasteiger partial charge in [0.1, 0.15) is 12.1 Å². The second-order valence-corrected chi connectivity index (χ2v) is 7.87. The quantitative estimate of drug-likeness (QED) is 0.293. The van der Waals surface area contributed by atoms with Crippen LogP contribution in [0.25, 0.3) is 6.08 Å². The normalized spacial score (nSPS) is 15.6. The summed E-state index contributed by atoms with van der Waals surface area (Å²) in [5, 5.41) is 10.7. The van der Waals surface area contributed by atoms with E-state index in [4.69, 9.17) is 14.2 Å². The van der Waals surface area contributed by atoms with Crippen LogP contribution >= 0.6 is 11.8 Å². The monoisotopic (exact) mass is 424 g/mol. The van der Waals surface area contributed by atoms with Crippen molar-refractivity contribution in [1.82, 2.24) is 4.90 Å². The summed E-state index contributed by atoms with van der Waals surface area (Å²) in [6, 6.07) is 2.49. The van der Waals surface area contributed by atoms with Gasteiger partial charge in [-0.2, -0.15) is 0 Å². The molecule has 0 spiro atoms. The molecule has 0 aromatic heterocycles. The minimum Gasteiger partial charge on any atom is -0.493 e. The number of carbonyl (C=O) groups is 3. The van der Waals surface area contributed by atoms with E-state index in [1.54, 1.807) is 20.8 Å². The van der Waals surface area contributed by atoms with Gasteiger partial charge in [0.15, 0.2) is 11.5 Å². The summed E-state index contributed by atoms with van der Waals surface area (Å²) in [6.45, 7) is 4.44. The third kappa shape index (κ3) is 5.25. The molecule has 29 heavy (non-hydrogen) atoms. The van der Waals surface area contributed by atoms with Crippen LogP contribution in [0, 0.1) is 10.1 Å². The maximum absolute atomic E-state index is 12.6. The second-order valence-electron chi connectivity index (χ2n) is 6.88. The van der Waals surface area contributed by atoms with E-state index in [1.807, 2.05) is 0 Å². The Bertz CT molecular complexity index is 904. The van der Waals surface area contributed by atoms with Crippen LogP contribution in [0.5, 0.6) is 11.5 Å². The number of nitro groups is 1. The average Bonchev–Trinajstić information content (AvgIpc) is 2.86. The van der Waals surface area contributed by atoms with Gasteiger partial charge in [-0.15, -0.1) is 0 Å². The Hall–Kier alpha value is -3.08. The van der Waals surface area contributed by atoms with Crippen molar-refractivity contribution in [2.24, 2.45) is 0 Å². The molecule has 0 saturated carbocycles. The smallest absolute Gasteiger partial charge is 0.326 e. The number of nitrogens with zero attached hydrogens (tertiary/aromatic N) is 2. The average molecular weight is 424 g/mol. The van der Waals surface area contributed by atoms with E-state index in [0.29, 0.717) is 11.8 Å². The van der Waals surface area contributed by atoms with Crippen LogP contribution in [0.4, 0.5) is 10.5 Å². The van der Waals surface area contributed by atoms with Crippen LogP contribution in [0.1, 0.15) is 26.3 Å². The summed E-state index contributed by atoms with van der Waals surface area (Å²) in [7, 11) is 2.70. The zero-order valence-corrected chi connectivity index (χ0v) is 17.3. The summed E-state index contributed by atoms with van der Waals surface area (Å²) in [5.41, 5.74) is -1.05. The molecule has 1 aliphatic heterocycles. The van der Waals surface area contributed by atoms with Gasteiger partial charge in [0.2, 0.25) is 0 Å². The first-order valence-electron chi connectivity index (χ1n) is 8.34. The third-order valence-corrected chi connectivity index (χ3v) is 4.50. The second kappa shape index (κ2) is 8.52. The van der Waals surface area contributed by atoms with Gasteiger partial charge in [0.05, 0.1) is 35.7 Å². The molecule has 0 atom stereocenters. The molecule has 1 saturated heterocycles. The van der Waals surface area contributed by atoms with Crippen molar-refractivity contribution in [3.05, 3.63) is 32.7 Å². The number of hydrogen-bond acceptors (Lipinski definition) is 9. The molecule has 2 rings (SSSR count). The van der Waals surface area contributed by atoms with Crippen LogP contribution in [0.15, 0.2) is 17.0 Å². The molecule has 10 nitrogen and oxygen atoms in total. The number of ether oxygens (including phenoxy) is 3. The maximum atomic E-state index is 12.6. The molecule has 0 bridgehead atoms. The molecular formula is C18H20N2O8S. The lowest BCUT2D eigenvalue weighted by Gasteiger charge is -2.21. The highest BCUT2D eigenvalue weighted by Gasteiger charge is 2.37. The van der Waals surface area contributed by atoms with Gasteiger partial charge >= 0.3 is 5.97 Å². The van der Waals surface area contributed by atoms with Crippen LogP contribution in [0.3, 0.4) is 0 Å². The van der Waals surface area contributed by atoms with E-state index in [2.05, 4.69) is 0 Å².